The lowest BCUT2D eigenvalue weighted by Crippen LogP contribution is -2.01. The van der Waals surface area contributed by atoms with E-state index >= 15 is 0 Å². The van der Waals surface area contributed by atoms with Gasteiger partial charge in [-0.05, 0) is 36.1 Å². The van der Waals surface area contributed by atoms with Crippen LogP contribution in [0.5, 0.6) is 5.75 Å². The van der Waals surface area contributed by atoms with Crippen LogP contribution in [0.25, 0.3) is 0 Å². The molecule has 0 saturated carbocycles. The SMILES string of the molecule is CCCCCCCCCCCCc1cc(O)ccc1CN. The molecule has 1 aromatic carbocycles. The van der Waals surface area contributed by atoms with E-state index in [9.17, 15) is 5.11 Å². The number of benzene rings is 1. The predicted molar refractivity (Wildman–Crippen MR) is 91.5 cm³/mol. The predicted octanol–water partition coefficient (Wildman–Crippen LogP) is 5.31. The van der Waals surface area contributed by atoms with Crippen LogP contribution in [-0.2, 0) is 13.0 Å². The largest absolute Gasteiger partial charge is 0.508 e. The number of unbranched alkanes of at least 4 members (excludes halogenated alkanes) is 9. The second-order valence-electron chi connectivity index (χ2n) is 6.09. The average Bonchev–Trinajstić information content (AvgIpc) is 2.49. The van der Waals surface area contributed by atoms with E-state index in [4.69, 9.17) is 5.73 Å². The Hall–Kier alpha value is -1.02. The molecule has 3 N–H and O–H groups in total. The number of phenolic OH excluding ortho intramolecular Hbond substituents is 1. The first kappa shape index (κ1) is 18.0. The van der Waals surface area contributed by atoms with Crippen LogP contribution in [0.4, 0.5) is 0 Å². The molecular formula is C19H33NO. The monoisotopic (exact) mass is 291 g/mol. The van der Waals surface area contributed by atoms with Crippen LogP contribution in [-0.4, -0.2) is 5.11 Å². The number of phenols is 1. The lowest BCUT2D eigenvalue weighted by molar-refractivity contribution is 0.474. The summed E-state index contributed by atoms with van der Waals surface area (Å²) in [5.74, 6) is 0.356. The van der Waals surface area contributed by atoms with Gasteiger partial charge in [0.15, 0.2) is 0 Å². The Kier molecular flexibility index (Phi) is 9.98. The van der Waals surface area contributed by atoms with Crippen LogP contribution >= 0.6 is 0 Å². The zero-order valence-corrected chi connectivity index (χ0v) is 13.7. The molecular weight excluding hydrogens is 258 g/mol. The maximum absolute atomic E-state index is 9.55. The summed E-state index contributed by atoms with van der Waals surface area (Å²) in [6.07, 6.45) is 14.6. The Bertz CT molecular complexity index is 376. The lowest BCUT2D eigenvalue weighted by atomic mass is 9.99. The number of rotatable bonds is 12. The molecule has 0 heterocycles. The van der Waals surface area contributed by atoms with E-state index in [1.54, 1.807) is 6.07 Å². The second-order valence-corrected chi connectivity index (χ2v) is 6.09. The Morgan fingerprint density at radius 1 is 0.810 bits per heavy atom. The number of aromatic hydroxyl groups is 1. The molecule has 0 spiro atoms. The van der Waals surface area contributed by atoms with Gasteiger partial charge in [-0.3, -0.25) is 0 Å². The summed E-state index contributed by atoms with van der Waals surface area (Å²) in [6.45, 7) is 2.83. The van der Waals surface area contributed by atoms with E-state index in [1.807, 2.05) is 12.1 Å². The van der Waals surface area contributed by atoms with Crippen molar-refractivity contribution >= 4 is 0 Å². The molecule has 21 heavy (non-hydrogen) atoms. The second kappa shape index (κ2) is 11.6. The highest BCUT2D eigenvalue weighted by molar-refractivity contribution is 5.34. The fourth-order valence-corrected chi connectivity index (χ4v) is 2.85. The smallest absolute Gasteiger partial charge is 0.115 e. The molecule has 1 aromatic rings. The van der Waals surface area contributed by atoms with Gasteiger partial charge in [-0.1, -0.05) is 70.8 Å². The van der Waals surface area contributed by atoms with Gasteiger partial charge in [0.1, 0.15) is 5.75 Å². The van der Waals surface area contributed by atoms with Gasteiger partial charge in [0.25, 0.3) is 0 Å². The zero-order chi connectivity index (χ0) is 15.3. The fraction of sp³-hybridized carbons (Fsp3) is 0.684. The number of hydrogen-bond donors (Lipinski definition) is 2. The first-order valence-electron chi connectivity index (χ1n) is 8.78. The average molecular weight is 291 g/mol. The highest BCUT2D eigenvalue weighted by Crippen LogP contribution is 2.19. The van der Waals surface area contributed by atoms with Crippen LogP contribution in [0.2, 0.25) is 0 Å². The summed E-state index contributed by atoms with van der Waals surface area (Å²) < 4.78 is 0. The van der Waals surface area contributed by atoms with Crippen LogP contribution in [0.3, 0.4) is 0 Å². The minimum Gasteiger partial charge on any atom is -0.508 e. The van der Waals surface area contributed by atoms with E-state index in [1.165, 1.54) is 75.3 Å². The molecule has 0 amide bonds. The summed E-state index contributed by atoms with van der Waals surface area (Å²) in [4.78, 5) is 0. The normalized spacial score (nSPS) is 11.0. The molecule has 0 unspecified atom stereocenters. The standard InChI is InChI=1S/C19H33NO/c1-2-3-4-5-6-7-8-9-10-11-12-17-15-19(21)14-13-18(17)16-20/h13-15,21H,2-12,16,20H2,1H3. The maximum Gasteiger partial charge on any atom is 0.115 e. The fourth-order valence-electron chi connectivity index (χ4n) is 2.85. The third-order valence-corrected chi connectivity index (χ3v) is 4.21. The van der Waals surface area contributed by atoms with Gasteiger partial charge in [-0.25, -0.2) is 0 Å². The summed E-state index contributed by atoms with van der Waals surface area (Å²) >= 11 is 0. The minimum absolute atomic E-state index is 0.356. The van der Waals surface area contributed by atoms with Gasteiger partial charge < -0.3 is 10.8 Å². The minimum atomic E-state index is 0.356. The lowest BCUT2D eigenvalue weighted by Gasteiger charge is -2.08. The van der Waals surface area contributed by atoms with Gasteiger partial charge in [-0.2, -0.15) is 0 Å². The molecule has 2 heteroatoms. The van der Waals surface area contributed by atoms with E-state index in [0.717, 1.165) is 6.42 Å². The van der Waals surface area contributed by atoms with Crippen molar-refractivity contribution in [1.29, 1.82) is 0 Å². The van der Waals surface area contributed by atoms with Crippen molar-refractivity contribution < 1.29 is 5.11 Å². The van der Waals surface area contributed by atoms with Crippen molar-refractivity contribution in [3.05, 3.63) is 29.3 Å². The molecule has 0 atom stereocenters. The van der Waals surface area contributed by atoms with Crippen molar-refractivity contribution in [1.82, 2.24) is 0 Å². The van der Waals surface area contributed by atoms with Crippen LogP contribution in [0.1, 0.15) is 82.3 Å². The van der Waals surface area contributed by atoms with E-state index < -0.39 is 0 Å². The van der Waals surface area contributed by atoms with E-state index in [2.05, 4.69) is 6.92 Å². The molecule has 0 aliphatic heterocycles. The summed E-state index contributed by atoms with van der Waals surface area (Å²) in [5.41, 5.74) is 8.13. The Balaban J connectivity index is 2.05. The van der Waals surface area contributed by atoms with Crippen molar-refractivity contribution in [2.45, 2.75) is 84.1 Å². The quantitative estimate of drug-likeness (QED) is 0.512. The number of hydrogen-bond acceptors (Lipinski definition) is 2. The molecule has 0 saturated heterocycles. The molecule has 0 fully saturated rings. The van der Waals surface area contributed by atoms with Crippen LogP contribution in [0, 0.1) is 0 Å². The van der Waals surface area contributed by atoms with E-state index in [-0.39, 0.29) is 0 Å². The van der Waals surface area contributed by atoms with Crippen molar-refractivity contribution in [3.63, 3.8) is 0 Å². The third kappa shape index (κ3) is 8.11. The molecule has 0 aliphatic rings. The van der Waals surface area contributed by atoms with Gasteiger partial charge >= 0.3 is 0 Å². The maximum atomic E-state index is 9.55. The third-order valence-electron chi connectivity index (χ3n) is 4.21. The molecule has 120 valence electrons. The molecule has 0 radical (unpaired) electrons. The molecule has 1 rings (SSSR count). The van der Waals surface area contributed by atoms with Gasteiger partial charge in [0.05, 0.1) is 0 Å². The summed E-state index contributed by atoms with van der Waals surface area (Å²) in [7, 11) is 0. The first-order valence-corrected chi connectivity index (χ1v) is 8.78. The molecule has 0 bridgehead atoms. The highest BCUT2D eigenvalue weighted by Gasteiger charge is 2.02. The zero-order valence-electron chi connectivity index (χ0n) is 13.7. The van der Waals surface area contributed by atoms with Crippen molar-refractivity contribution in [3.8, 4) is 5.75 Å². The molecule has 0 aliphatic carbocycles. The highest BCUT2D eigenvalue weighted by atomic mass is 16.3. The molecule has 2 nitrogen and oxygen atoms in total. The van der Waals surface area contributed by atoms with E-state index in [0.29, 0.717) is 12.3 Å². The van der Waals surface area contributed by atoms with Gasteiger partial charge in [0.2, 0.25) is 0 Å². The Morgan fingerprint density at radius 3 is 1.95 bits per heavy atom. The van der Waals surface area contributed by atoms with Gasteiger partial charge in [0, 0.05) is 6.54 Å². The van der Waals surface area contributed by atoms with Crippen molar-refractivity contribution in [2.24, 2.45) is 5.73 Å². The number of nitrogens with two attached hydrogens (primary N) is 1. The topological polar surface area (TPSA) is 46.2 Å². The Morgan fingerprint density at radius 2 is 1.38 bits per heavy atom. The van der Waals surface area contributed by atoms with Crippen LogP contribution < -0.4 is 5.73 Å². The number of aryl methyl sites for hydroxylation is 1. The molecule has 0 aromatic heterocycles. The van der Waals surface area contributed by atoms with Crippen LogP contribution in [0.15, 0.2) is 18.2 Å². The summed E-state index contributed by atoms with van der Waals surface area (Å²) in [6, 6.07) is 5.54. The van der Waals surface area contributed by atoms with Crippen molar-refractivity contribution in [2.75, 3.05) is 0 Å². The summed E-state index contributed by atoms with van der Waals surface area (Å²) in [5, 5.41) is 9.55. The first-order chi connectivity index (χ1) is 10.3. The Labute approximate surface area is 130 Å². The van der Waals surface area contributed by atoms with Gasteiger partial charge in [-0.15, -0.1) is 0 Å².